The van der Waals surface area contributed by atoms with Crippen LogP contribution in [0, 0.1) is 6.92 Å². The molecule has 1 aliphatic carbocycles. The van der Waals surface area contributed by atoms with Crippen molar-refractivity contribution in [3.8, 4) is 0 Å². The number of ether oxygens (including phenoxy) is 1. The molecule has 1 aliphatic rings. The van der Waals surface area contributed by atoms with Gasteiger partial charge in [0.15, 0.2) is 0 Å². The van der Waals surface area contributed by atoms with Crippen LogP contribution >= 0.6 is 12.2 Å². The van der Waals surface area contributed by atoms with Gasteiger partial charge in [0.1, 0.15) is 4.99 Å². The topological polar surface area (TPSA) is 35.2 Å². The maximum atomic E-state index is 6.07. The second kappa shape index (κ2) is 7.01. The van der Waals surface area contributed by atoms with Crippen LogP contribution in [0.3, 0.4) is 0 Å². The first-order valence-corrected chi connectivity index (χ1v) is 7.58. The van der Waals surface area contributed by atoms with E-state index in [1.165, 1.54) is 49.7 Å². The summed E-state index contributed by atoms with van der Waals surface area (Å²) in [6.07, 6.45) is 8.21. The summed E-state index contributed by atoms with van der Waals surface area (Å²) in [5, 5.41) is 0. The van der Waals surface area contributed by atoms with Gasteiger partial charge in [0.25, 0.3) is 0 Å². The lowest BCUT2D eigenvalue weighted by Gasteiger charge is -2.16. The summed E-state index contributed by atoms with van der Waals surface area (Å²) >= 11 is 4.99. The molecule has 0 aromatic heterocycles. The number of benzene rings is 1. The molecule has 3 heteroatoms. The first kappa shape index (κ1) is 14.5. The van der Waals surface area contributed by atoms with Crippen molar-refractivity contribution in [2.75, 3.05) is 0 Å². The number of thiocarbonyl (C=S) groups is 1. The smallest absolute Gasteiger partial charge is 0.103 e. The van der Waals surface area contributed by atoms with Crippen LogP contribution in [0.5, 0.6) is 0 Å². The number of rotatable bonds is 4. The summed E-state index contributed by atoms with van der Waals surface area (Å²) in [4.78, 5) is 0.458. The number of aryl methyl sites for hydroxylation is 1. The summed E-state index contributed by atoms with van der Waals surface area (Å²) in [5.41, 5.74) is 9.02. The third-order valence-electron chi connectivity index (χ3n) is 3.90. The molecular weight excluding hydrogens is 254 g/mol. The zero-order valence-corrected chi connectivity index (χ0v) is 12.5. The molecule has 104 valence electrons. The molecule has 1 saturated carbocycles. The quantitative estimate of drug-likeness (QED) is 0.670. The maximum Gasteiger partial charge on any atom is 0.103 e. The van der Waals surface area contributed by atoms with E-state index in [2.05, 4.69) is 13.0 Å². The molecule has 0 atom stereocenters. The monoisotopic (exact) mass is 277 g/mol. The first-order valence-electron chi connectivity index (χ1n) is 7.18. The van der Waals surface area contributed by atoms with Gasteiger partial charge in [-0.3, -0.25) is 0 Å². The highest BCUT2D eigenvalue weighted by atomic mass is 32.1. The van der Waals surface area contributed by atoms with Gasteiger partial charge >= 0.3 is 0 Å². The molecule has 1 aromatic carbocycles. The molecule has 0 spiro atoms. The SMILES string of the molecule is Cc1cc(C(N)=S)ccc1COC1CCCCCC1. The lowest BCUT2D eigenvalue weighted by Crippen LogP contribution is -2.13. The van der Waals surface area contributed by atoms with Gasteiger partial charge in [-0.05, 0) is 37.0 Å². The fourth-order valence-corrected chi connectivity index (χ4v) is 2.75. The molecule has 0 bridgehead atoms. The second-order valence-corrected chi connectivity index (χ2v) is 5.87. The Labute approximate surface area is 121 Å². The maximum absolute atomic E-state index is 6.07. The molecule has 2 rings (SSSR count). The van der Waals surface area contributed by atoms with Crippen molar-refractivity contribution >= 4 is 17.2 Å². The Kier molecular flexibility index (Phi) is 5.34. The summed E-state index contributed by atoms with van der Waals surface area (Å²) in [5.74, 6) is 0. The van der Waals surface area contributed by atoms with Crippen LogP contribution in [0.15, 0.2) is 18.2 Å². The number of nitrogens with two attached hydrogens (primary N) is 1. The van der Waals surface area contributed by atoms with Crippen LogP contribution in [-0.2, 0) is 11.3 Å². The van der Waals surface area contributed by atoms with Gasteiger partial charge in [-0.15, -0.1) is 0 Å². The Hall–Kier alpha value is -0.930. The normalized spacial score (nSPS) is 17.1. The van der Waals surface area contributed by atoms with Gasteiger partial charge in [0, 0.05) is 5.56 Å². The van der Waals surface area contributed by atoms with E-state index >= 15 is 0 Å². The Balaban J connectivity index is 1.93. The molecule has 1 aromatic rings. The van der Waals surface area contributed by atoms with Crippen molar-refractivity contribution in [3.05, 3.63) is 34.9 Å². The van der Waals surface area contributed by atoms with Crippen LogP contribution in [0.4, 0.5) is 0 Å². The van der Waals surface area contributed by atoms with Crippen molar-refractivity contribution in [1.29, 1.82) is 0 Å². The standard InChI is InChI=1S/C16H23NOS/c1-12-10-13(16(17)19)8-9-14(12)11-18-15-6-4-2-3-5-7-15/h8-10,15H,2-7,11H2,1H3,(H2,17,19). The van der Waals surface area contributed by atoms with E-state index in [1.54, 1.807) is 0 Å². The van der Waals surface area contributed by atoms with Crippen molar-refractivity contribution in [3.63, 3.8) is 0 Å². The van der Waals surface area contributed by atoms with E-state index in [-0.39, 0.29) is 0 Å². The van der Waals surface area contributed by atoms with Crippen molar-refractivity contribution in [1.82, 2.24) is 0 Å². The van der Waals surface area contributed by atoms with Crippen molar-refractivity contribution in [2.45, 2.75) is 58.2 Å². The van der Waals surface area contributed by atoms with Crippen LogP contribution in [-0.4, -0.2) is 11.1 Å². The summed E-state index contributed by atoms with van der Waals surface area (Å²) < 4.78 is 6.07. The van der Waals surface area contributed by atoms with E-state index in [4.69, 9.17) is 22.7 Å². The fraction of sp³-hybridized carbons (Fsp3) is 0.562. The van der Waals surface area contributed by atoms with E-state index < -0.39 is 0 Å². The number of hydrogen-bond donors (Lipinski definition) is 1. The molecule has 0 saturated heterocycles. The van der Waals surface area contributed by atoms with Gasteiger partial charge in [-0.25, -0.2) is 0 Å². The Bertz CT molecular complexity index is 436. The molecule has 0 aliphatic heterocycles. The predicted octanol–water partition coefficient (Wildman–Crippen LogP) is 3.87. The molecule has 0 unspecified atom stereocenters. The van der Waals surface area contributed by atoms with Gasteiger partial charge in [0.05, 0.1) is 12.7 Å². The van der Waals surface area contributed by atoms with E-state index in [9.17, 15) is 0 Å². The average molecular weight is 277 g/mol. The Morgan fingerprint density at radius 2 is 1.95 bits per heavy atom. The molecule has 1 fully saturated rings. The Morgan fingerprint density at radius 3 is 2.53 bits per heavy atom. The highest BCUT2D eigenvalue weighted by Crippen LogP contribution is 2.21. The minimum absolute atomic E-state index is 0.442. The van der Waals surface area contributed by atoms with Gasteiger partial charge < -0.3 is 10.5 Å². The lowest BCUT2D eigenvalue weighted by atomic mass is 10.1. The molecule has 0 heterocycles. The molecule has 2 N–H and O–H groups in total. The molecular formula is C16H23NOS. The summed E-state index contributed by atoms with van der Waals surface area (Å²) in [6.45, 7) is 2.79. The van der Waals surface area contributed by atoms with Crippen LogP contribution in [0.25, 0.3) is 0 Å². The fourth-order valence-electron chi connectivity index (χ4n) is 2.63. The third-order valence-corrected chi connectivity index (χ3v) is 4.14. The predicted molar refractivity (Wildman–Crippen MR) is 83.3 cm³/mol. The van der Waals surface area contributed by atoms with E-state index in [0.717, 1.165) is 5.56 Å². The molecule has 2 nitrogen and oxygen atoms in total. The van der Waals surface area contributed by atoms with Crippen LogP contribution in [0.1, 0.15) is 55.2 Å². The summed E-state index contributed by atoms with van der Waals surface area (Å²) in [7, 11) is 0. The van der Waals surface area contributed by atoms with Crippen LogP contribution in [0.2, 0.25) is 0 Å². The highest BCUT2D eigenvalue weighted by molar-refractivity contribution is 7.80. The zero-order chi connectivity index (χ0) is 13.7. The second-order valence-electron chi connectivity index (χ2n) is 5.43. The third kappa shape index (κ3) is 4.29. The van der Waals surface area contributed by atoms with Crippen molar-refractivity contribution in [2.24, 2.45) is 5.73 Å². The molecule has 19 heavy (non-hydrogen) atoms. The molecule has 0 radical (unpaired) electrons. The molecule has 0 amide bonds. The largest absolute Gasteiger partial charge is 0.389 e. The van der Waals surface area contributed by atoms with Crippen molar-refractivity contribution < 1.29 is 4.74 Å². The Morgan fingerprint density at radius 1 is 1.26 bits per heavy atom. The minimum atomic E-state index is 0.442. The highest BCUT2D eigenvalue weighted by Gasteiger charge is 2.13. The minimum Gasteiger partial charge on any atom is -0.389 e. The zero-order valence-electron chi connectivity index (χ0n) is 11.7. The van der Waals surface area contributed by atoms with E-state index in [0.29, 0.717) is 17.7 Å². The van der Waals surface area contributed by atoms with E-state index in [1.807, 2.05) is 12.1 Å². The average Bonchev–Trinajstić information content (AvgIpc) is 2.65. The van der Waals surface area contributed by atoms with Gasteiger partial charge in [0.2, 0.25) is 0 Å². The van der Waals surface area contributed by atoms with Crippen LogP contribution < -0.4 is 5.73 Å². The first-order chi connectivity index (χ1) is 9.16. The van der Waals surface area contributed by atoms with Gasteiger partial charge in [-0.1, -0.05) is 50.0 Å². The summed E-state index contributed by atoms with van der Waals surface area (Å²) in [6, 6.07) is 6.12. The number of hydrogen-bond acceptors (Lipinski definition) is 2. The van der Waals surface area contributed by atoms with Gasteiger partial charge in [-0.2, -0.15) is 0 Å². The lowest BCUT2D eigenvalue weighted by molar-refractivity contribution is 0.0307.